The van der Waals surface area contributed by atoms with Gasteiger partial charge in [0.1, 0.15) is 0 Å². The number of piperidine rings is 1. The van der Waals surface area contributed by atoms with Crippen molar-refractivity contribution in [2.45, 2.75) is 65.3 Å². The summed E-state index contributed by atoms with van der Waals surface area (Å²) in [5.74, 6) is 0.160. The van der Waals surface area contributed by atoms with Crippen molar-refractivity contribution in [1.82, 2.24) is 20.0 Å². The molecule has 1 N–H and O–H groups in total. The molecule has 31 heavy (non-hydrogen) atoms. The fourth-order valence-electron chi connectivity index (χ4n) is 5.13. The van der Waals surface area contributed by atoms with Crippen LogP contribution in [0, 0.1) is 13.8 Å². The molecule has 0 aromatic heterocycles. The normalized spacial score (nSPS) is 21.9. The SMILES string of the molecule is Cc1cc(C(C)(C)C)cc(C)c1CCNC(=O)CN1CCN(C2CCCN(C)C2)CC1. The third-order valence-electron chi connectivity index (χ3n) is 7.15. The van der Waals surface area contributed by atoms with Gasteiger partial charge in [-0.25, -0.2) is 0 Å². The maximum Gasteiger partial charge on any atom is 0.234 e. The molecule has 0 saturated carbocycles. The van der Waals surface area contributed by atoms with Crippen LogP contribution in [0.5, 0.6) is 0 Å². The van der Waals surface area contributed by atoms with E-state index in [1.807, 2.05) is 0 Å². The lowest BCUT2D eigenvalue weighted by atomic mass is 9.83. The van der Waals surface area contributed by atoms with Crippen molar-refractivity contribution in [3.05, 3.63) is 34.4 Å². The molecule has 174 valence electrons. The second kappa shape index (κ2) is 10.5. The molecule has 2 aliphatic heterocycles. The largest absolute Gasteiger partial charge is 0.355 e. The number of benzene rings is 1. The molecule has 1 atom stereocenters. The average Bonchev–Trinajstić information content (AvgIpc) is 2.70. The molecule has 2 saturated heterocycles. The Labute approximate surface area is 190 Å². The molecule has 1 aromatic rings. The maximum atomic E-state index is 12.5. The number of aryl methyl sites for hydroxylation is 2. The molecule has 2 heterocycles. The van der Waals surface area contributed by atoms with E-state index in [9.17, 15) is 4.79 Å². The van der Waals surface area contributed by atoms with Crippen LogP contribution in [0.25, 0.3) is 0 Å². The molecule has 5 heteroatoms. The van der Waals surface area contributed by atoms with E-state index in [1.54, 1.807) is 0 Å². The van der Waals surface area contributed by atoms with Crippen molar-refractivity contribution < 1.29 is 4.79 Å². The quantitative estimate of drug-likeness (QED) is 0.756. The van der Waals surface area contributed by atoms with Gasteiger partial charge in [-0.1, -0.05) is 32.9 Å². The molecular weight excluding hydrogens is 384 g/mol. The average molecular weight is 429 g/mol. The fraction of sp³-hybridized carbons (Fsp3) is 0.731. The minimum Gasteiger partial charge on any atom is -0.355 e. The number of nitrogens with one attached hydrogen (secondary N) is 1. The van der Waals surface area contributed by atoms with Gasteiger partial charge < -0.3 is 10.2 Å². The zero-order valence-electron chi connectivity index (χ0n) is 20.8. The molecule has 0 aliphatic carbocycles. The van der Waals surface area contributed by atoms with Gasteiger partial charge >= 0.3 is 0 Å². The molecule has 1 aromatic carbocycles. The van der Waals surface area contributed by atoms with Crippen LogP contribution in [0.3, 0.4) is 0 Å². The molecule has 0 spiro atoms. The van der Waals surface area contributed by atoms with Gasteiger partial charge in [-0.15, -0.1) is 0 Å². The summed E-state index contributed by atoms with van der Waals surface area (Å²) in [6.07, 6.45) is 3.53. The number of carbonyl (C=O) groups is 1. The van der Waals surface area contributed by atoms with E-state index in [0.29, 0.717) is 19.1 Å². The van der Waals surface area contributed by atoms with Crippen LogP contribution in [0.1, 0.15) is 55.9 Å². The van der Waals surface area contributed by atoms with E-state index >= 15 is 0 Å². The minimum atomic E-state index is 0.160. The van der Waals surface area contributed by atoms with Crippen molar-refractivity contribution >= 4 is 5.91 Å². The molecule has 2 fully saturated rings. The van der Waals surface area contributed by atoms with Gasteiger partial charge in [-0.3, -0.25) is 14.6 Å². The third kappa shape index (κ3) is 6.77. The highest BCUT2D eigenvalue weighted by molar-refractivity contribution is 5.78. The predicted octanol–water partition coefficient (Wildman–Crippen LogP) is 2.97. The van der Waals surface area contributed by atoms with E-state index in [-0.39, 0.29) is 11.3 Å². The summed E-state index contributed by atoms with van der Waals surface area (Å²) in [6, 6.07) is 5.33. The number of likely N-dealkylation sites (tertiary alicyclic amines) is 1. The first-order valence-corrected chi connectivity index (χ1v) is 12.2. The lowest BCUT2D eigenvalue weighted by molar-refractivity contribution is -0.122. The van der Waals surface area contributed by atoms with Gasteiger partial charge in [0.15, 0.2) is 0 Å². The summed E-state index contributed by atoms with van der Waals surface area (Å²) in [7, 11) is 2.23. The van der Waals surface area contributed by atoms with Gasteiger partial charge in [0.25, 0.3) is 0 Å². The first-order valence-electron chi connectivity index (χ1n) is 12.2. The summed E-state index contributed by atoms with van der Waals surface area (Å²) >= 11 is 0. The van der Waals surface area contributed by atoms with Gasteiger partial charge in [0, 0.05) is 45.3 Å². The number of nitrogens with zero attached hydrogens (tertiary/aromatic N) is 3. The predicted molar refractivity (Wildman–Crippen MR) is 130 cm³/mol. The first-order chi connectivity index (χ1) is 14.6. The van der Waals surface area contributed by atoms with Crippen LogP contribution in [0.15, 0.2) is 12.1 Å². The van der Waals surface area contributed by atoms with Gasteiger partial charge in [0.2, 0.25) is 5.91 Å². The Kier molecular flexibility index (Phi) is 8.17. The molecular formula is C26H44N4O. The maximum absolute atomic E-state index is 12.5. The summed E-state index contributed by atoms with van der Waals surface area (Å²) in [6.45, 7) is 19.0. The Balaban J connectivity index is 1.40. The summed E-state index contributed by atoms with van der Waals surface area (Å²) < 4.78 is 0. The lowest BCUT2D eigenvalue weighted by Gasteiger charge is -2.42. The Morgan fingerprint density at radius 1 is 1.06 bits per heavy atom. The lowest BCUT2D eigenvalue weighted by Crippen LogP contribution is -2.55. The molecule has 1 amide bonds. The molecule has 1 unspecified atom stereocenters. The number of amides is 1. The van der Waals surface area contributed by atoms with E-state index < -0.39 is 0 Å². The summed E-state index contributed by atoms with van der Waals surface area (Å²) in [5, 5.41) is 3.16. The van der Waals surface area contributed by atoms with Crippen LogP contribution >= 0.6 is 0 Å². The molecule has 2 aliphatic rings. The zero-order valence-corrected chi connectivity index (χ0v) is 20.8. The highest BCUT2D eigenvalue weighted by atomic mass is 16.2. The third-order valence-corrected chi connectivity index (χ3v) is 7.15. The van der Waals surface area contributed by atoms with Gasteiger partial charge in [0.05, 0.1) is 6.54 Å². The molecule has 0 bridgehead atoms. The van der Waals surface area contributed by atoms with Crippen LogP contribution in [0.4, 0.5) is 0 Å². The van der Waals surface area contributed by atoms with Crippen molar-refractivity contribution in [2.75, 3.05) is 59.4 Å². The standard InChI is InChI=1S/C26H44N4O/c1-20-16-22(26(3,4)5)17-21(2)24(20)9-10-27-25(31)19-29-12-14-30(15-13-29)23-8-7-11-28(6)18-23/h16-17,23H,7-15,18-19H2,1-6H3,(H,27,31). The minimum absolute atomic E-state index is 0.160. The monoisotopic (exact) mass is 428 g/mol. The smallest absolute Gasteiger partial charge is 0.234 e. The Hall–Kier alpha value is -1.43. The van der Waals surface area contributed by atoms with E-state index in [1.165, 1.54) is 48.2 Å². The summed E-state index contributed by atoms with van der Waals surface area (Å²) in [5.41, 5.74) is 5.60. The fourth-order valence-corrected chi connectivity index (χ4v) is 5.13. The Morgan fingerprint density at radius 2 is 1.71 bits per heavy atom. The van der Waals surface area contributed by atoms with Gasteiger partial charge in [-0.2, -0.15) is 0 Å². The van der Waals surface area contributed by atoms with E-state index in [2.05, 4.69) is 73.8 Å². The topological polar surface area (TPSA) is 38.8 Å². The molecule has 3 rings (SSSR count). The Morgan fingerprint density at radius 3 is 2.29 bits per heavy atom. The zero-order chi connectivity index (χ0) is 22.6. The van der Waals surface area contributed by atoms with Crippen molar-refractivity contribution in [3.63, 3.8) is 0 Å². The highest BCUT2D eigenvalue weighted by Gasteiger charge is 2.27. The number of likely N-dealkylation sites (N-methyl/N-ethyl adjacent to an activating group) is 1. The van der Waals surface area contributed by atoms with Gasteiger partial charge in [-0.05, 0) is 74.4 Å². The number of rotatable bonds is 6. The van der Waals surface area contributed by atoms with Crippen LogP contribution in [0.2, 0.25) is 0 Å². The summed E-state index contributed by atoms with van der Waals surface area (Å²) in [4.78, 5) is 19.9. The second-order valence-corrected chi connectivity index (χ2v) is 10.8. The molecule has 0 radical (unpaired) electrons. The number of hydrogen-bond donors (Lipinski definition) is 1. The number of hydrogen-bond acceptors (Lipinski definition) is 4. The highest BCUT2D eigenvalue weighted by Crippen LogP contribution is 2.27. The van der Waals surface area contributed by atoms with Crippen molar-refractivity contribution in [1.29, 1.82) is 0 Å². The molecule has 5 nitrogen and oxygen atoms in total. The van der Waals surface area contributed by atoms with Crippen LogP contribution in [-0.2, 0) is 16.6 Å². The number of piperazine rings is 1. The van der Waals surface area contributed by atoms with Crippen LogP contribution < -0.4 is 5.32 Å². The van der Waals surface area contributed by atoms with Crippen molar-refractivity contribution in [3.8, 4) is 0 Å². The number of carbonyl (C=O) groups excluding carboxylic acids is 1. The Bertz CT molecular complexity index is 723. The second-order valence-electron chi connectivity index (χ2n) is 10.8. The van der Waals surface area contributed by atoms with E-state index in [0.717, 1.165) is 32.6 Å². The van der Waals surface area contributed by atoms with Crippen LogP contribution in [-0.4, -0.2) is 86.1 Å². The first kappa shape index (κ1) is 24.2. The van der Waals surface area contributed by atoms with E-state index in [4.69, 9.17) is 0 Å². The van der Waals surface area contributed by atoms with Crippen molar-refractivity contribution in [2.24, 2.45) is 0 Å².